The van der Waals surface area contributed by atoms with Crippen molar-refractivity contribution < 1.29 is 26.3 Å². The number of hydrogen-bond donors (Lipinski definition) is 0. The lowest BCUT2D eigenvalue weighted by molar-refractivity contribution is 0.381. The molecule has 0 aliphatic carbocycles. The lowest BCUT2D eigenvalue weighted by Crippen LogP contribution is -2.10. The summed E-state index contributed by atoms with van der Waals surface area (Å²) in [5.74, 6) is -10.2. The lowest BCUT2D eigenvalue weighted by Gasteiger charge is -2.26. The molecule has 0 aliphatic heterocycles. The van der Waals surface area contributed by atoms with Gasteiger partial charge in [-0.3, -0.25) is 0 Å². The largest absolute Gasteiger partial charge is 0.311 e. The van der Waals surface area contributed by atoms with Gasteiger partial charge in [-0.2, -0.15) is 0 Å². The summed E-state index contributed by atoms with van der Waals surface area (Å²) < 4.78 is 95.5. The van der Waals surface area contributed by atoms with Crippen LogP contribution in [0.5, 0.6) is 0 Å². The molecule has 0 radical (unpaired) electrons. The molecule has 0 aliphatic rings. The summed E-state index contributed by atoms with van der Waals surface area (Å²) >= 11 is 0. The summed E-state index contributed by atoms with van der Waals surface area (Å²) in [5.41, 5.74) is 26.1. The monoisotopic (exact) mass is 1640 g/mol. The molecule has 4 heterocycles. The summed E-state index contributed by atoms with van der Waals surface area (Å²) in [5, 5.41) is 9.35. The molecule has 600 valence electrons. The maximum Gasteiger partial charge on any atom is 0.200 e. The third-order valence-corrected chi connectivity index (χ3v) is 24.3. The number of halogens is 6. The fourth-order valence-electron chi connectivity index (χ4n) is 18.4. The van der Waals surface area contributed by atoms with E-state index >= 15 is 0 Å². The summed E-state index contributed by atoms with van der Waals surface area (Å²) in [6, 6.07) is 149. The highest BCUT2D eigenvalue weighted by molar-refractivity contribution is 6.14. The number of benzene rings is 19. The Hall–Kier alpha value is -16.4. The van der Waals surface area contributed by atoms with E-state index in [-0.39, 0.29) is 11.4 Å². The number of fused-ring (bicyclic) bond motifs is 12. The topological polar surface area (TPSA) is 26.2 Å². The van der Waals surface area contributed by atoms with Gasteiger partial charge in [0.1, 0.15) is 5.82 Å². The first-order valence-electron chi connectivity index (χ1n) is 41.7. The highest BCUT2D eigenvalue weighted by atomic mass is 19.2. The summed E-state index contributed by atoms with van der Waals surface area (Å²) in [6.45, 7) is 0. The normalized spacial score (nSPS) is 11.6. The molecular weight excluding hydrogens is 1570 g/mol. The van der Waals surface area contributed by atoms with Gasteiger partial charge in [-0.1, -0.05) is 249 Å². The Labute approximate surface area is 721 Å². The van der Waals surface area contributed by atoms with Crippen LogP contribution in [0.2, 0.25) is 0 Å². The number of hydrogen-bond acceptors (Lipinski definition) is 2. The molecule has 23 rings (SSSR count). The minimum absolute atomic E-state index is 0.152. The fourth-order valence-corrected chi connectivity index (χ4v) is 18.4. The second-order valence-corrected chi connectivity index (χ2v) is 31.5. The van der Waals surface area contributed by atoms with Crippen molar-refractivity contribution in [1.82, 2.24) is 18.3 Å². The van der Waals surface area contributed by atoms with E-state index in [9.17, 15) is 26.3 Å². The van der Waals surface area contributed by atoms with Crippen LogP contribution in [-0.2, 0) is 0 Å². The van der Waals surface area contributed by atoms with Crippen molar-refractivity contribution in [2.24, 2.45) is 0 Å². The van der Waals surface area contributed by atoms with Crippen LogP contribution in [0, 0.1) is 34.9 Å². The van der Waals surface area contributed by atoms with Crippen LogP contribution in [0.1, 0.15) is 0 Å². The van der Waals surface area contributed by atoms with Gasteiger partial charge in [0, 0.05) is 100.0 Å². The van der Waals surface area contributed by atoms with Gasteiger partial charge < -0.3 is 28.1 Å². The molecule has 0 unspecified atom stereocenters. The smallest absolute Gasteiger partial charge is 0.200 e. The summed E-state index contributed by atoms with van der Waals surface area (Å²) in [7, 11) is 0. The average Bonchev–Trinajstić information content (AvgIpc) is 1.57. The van der Waals surface area contributed by atoms with E-state index in [2.05, 4.69) is 345 Å². The molecule has 126 heavy (non-hydrogen) atoms. The number of anilines is 6. The second-order valence-electron chi connectivity index (χ2n) is 31.5. The standard InChI is InChI=1S/C60H40FN3.C54H32F5N3/c61-47-29-19-41(20-30-47)42-21-31-50(32-22-42)62(51-33-23-43(24-34-51)45-28-38-59-56(39-45)54-16-8-10-18-58(54)63(59)48-11-3-1-4-12-48)52-35-25-44(26-36-52)46-27-37-55-53-15-7-9-17-57(53)64(60(55)40-46)49-13-5-2-6-14-49;55-50-49(51(56)53(58)54(59)52(50)57)34-21-26-39(27-22-34)60(40-28-29-43-41-15-7-9-17-45(41)62(48(43)32-40)37-13-5-2-6-14-37)38-24-19-33(20-25-38)35-23-30-47-44(31-35)42-16-8-10-18-46(42)61(47)36-11-3-1-4-12-36/h1-40H;1-32H. The third kappa shape index (κ3) is 13.3. The van der Waals surface area contributed by atoms with Crippen molar-refractivity contribution in [2.45, 2.75) is 0 Å². The quantitative estimate of drug-likeness (QED) is 0.0581. The molecule has 0 bridgehead atoms. The molecule has 0 N–H and O–H groups in total. The van der Waals surface area contributed by atoms with Gasteiger partial charge in [0.05, 0.1) is 49.7 Å². The Kier molecular flexibility index (Phi) is 19.0. The molecule has 4 aromatic heterocycles. The highest BCUT2D eigenvalue weighted by Gasteiger charge is 2.28. The van der Waals surface area contributed by atoms with Crippen LogP contribution < -0.4 is 9.80 Å². The Bertz CT molecular complexity index is 8060. The van der Waals surface area contributed by atoms with Crippen molar-refractivity contribution in [2.75, 3.05) is 9.80 Å². The second kappa shape index (κ2) is 31.5. The van der Waals surface area contributed by atoms with Crippen LogP contribution in [-0.4, -0.2) is 18.3 Å². The summed E-state index contributed by atoms with van der Waals surface area (Å²) in [4.78, 5) is 4.31. The maximum absolute atomic E-state index is 15.0. The molecule has 19 aromatic carbocycles. The van der Waals surface area contributed by atoms with Crippen molar-refractivity contribution in [1.29, 1.82) is 0 Å². The minimum Gasteiger partial charge on any atom is -0.311 e. The predicted octanol–water partition coefficient (Wildman–Crippen LogP) is 31.9. The van der Waals surface area contributed by atoms with Crippen LogP contribution in [0.3, 0.4) is 0 Å². The first-order chi connectivity index (χ1) is 62.0. The zero-order valence-corrected chi connectivity index (χ0v) is 67.5. The molecule has 6 nitrogen and oxygen atoms in total. The van der Waals surface area contributed by atoms with Crippen LogP contribution >= 0.6 is 0 Å². The average molecular weight is 1640 g/mol. The zero-order valence-electron chi connectivity index (χ0n) is 67.5. The van der Waals surface area contributed by atoms with Crippen LogP contribution in [0.25, 0.3) is 166 Å². The molecule has 0 amide bonds. The lowest BCUT2D eigenvalue weighted by atomic mass is 10.0. The van der Waals surface area contributed by atoms with Crippen LogP contribution in [0.4, 0.5) is 60.5 Å². The van der Waals surface area contributed by atoms with Gasteiger partial charge >= 0.3 is 0 Å². The first-order valence-corrected chi connectivity index (χ1v) is 41.7. The predicted molar refractivity (Wildman–Crippen MR) is 507 cm³/mol. The van der Waals surface area contributed by atoms with E-state index in [4.69, 9.17) is 0 Å². The summed E-state index contributed by atoms with van der Waals surface area (Å²) in [6.07, 6.45) is 0. The molecular formula is C114H72F6N6. The van der Waals surface area contributed by atoms with Gasteiger partial charge in [-0.15, -0.1) is 0 Å². The van der Waals surface area contributed by atoms with Crippen molar-refractivity contribution in [3.63, 3.8) is 0 Å². The van der Waals surface area contributed by atoms with Crippen LogP contribution in [0.15, 0.2) is 437 Å². The number of rotatable bonds is 15. The Balaban J connectivity index is 0.000000149. The van der Waals surface area contributed by atoms with Crippen molar-refractivity contribution >= 4 is 121 Å². The van der Waals surface area contributed by atoms with Gasteiger partial charge in [0.2, 0.25) is 5.82 Å². The molecule has 0 atom stereocenters. The molecule has 0 fully saturated rings. The number of nitrogens with zero attached hydrogens (tertiary/aromatic N) is 6. The molecule has 23 aromatic rings. The minimum atomic E-state index is -2.20. The van der Waals surface area contributed by atoms with E-state index in [1.54, 1.807) is 12.1 Å². The fraction of sp³-hybridized carbons (Fsp3) is 0. The molecule has 0 saturated heterocycles. The van der Waals surface area contributed by atoms with E-state index in [0.29, 0.717) is 5.69 Å². The highest BCUT2D eigenvalue weighted by Crippen LogP contribution is 2.46. The van der Waals surface area contributed by atoms with E-state index in [1.807, 2.05) is 83.8 Å². The Morgan fingerprint density at radius 3 is 0.746 bits per heavy atom. The Morgan fingerprint density at radius 1 is 0.151 bits per heavy atom. The zero-order chi connectivity index (χ0) is 84.6. The van der Waals surface area contributed by atoms with E-state index in [0.717, 1.165) is 139 Å². The van der Waals surface area contributed by atoms with Crippen molar-refractivity contribution in [3.8, 4) is 78.4 Å². The SMILES string of the molecule is Fc1c(F)c(F)c(-c2ccc(N(c3ccc(-c4ccc5c(c4)c4ccccc4n5-c4ccccc4)cc3)c3ccc4c5ccccc5n(-c5ccccc5)c4c3)cc2)c(F)c1F.Fc1ccc(-c2ccc(N(c3ccc(-c4ccc5c(c4)c4ccccc4n5-c4ccccc4)cc3)c3ccc(-c4ccc5c6ccccc6n(-c6ccccc6)c5c4)cc3)cc2)cc1. The first kappa shape index (κ1) is 75.7. The van der Waals surface area contributed by atoms with Gasteiger partial charge in [0.25, 0.3) is 0 Å². The third-order valence-electron chi connectivity index (χ3n) is 24.3. The molecule has 0 spiro atoms. The van der Waals surface area contributed by atoms with Gasteiger partial charge in [-0.05, 0) is 238 Å². The number of para-hydroxylation sites is 8. The van der Waals surface area contributed by atoms with Gasteiger partial charge in [-0.25, -0.2) is 26.3 Å². The van der Waals surface area contributed by atoms with E-state index in [1.165, 1.54) is 67.9 Å². The Morgan fingerprint density at radius 2 is 0.381 bits per heavy atom. The molecule has 0 saturated carbocycles. The van der Waals surface area contributed by atoms with Crippen molar-refractivity contribution in [3.05, 3.63) is 472 Å². The van der Waals surface area contributed by atoms with Gasteiger partial charge in [0.15, 0.2) is 23.3 Å². The number of aromatic nitrogens is 4. The van der Waals surface area contributed by atoms with E-state index < -0.39 is 34.6 Å². The molecule has 12 heteroatoms. The maximum atomic E-state index is 15.0.